The monoisotopic (exact) mass is 355 g/mol. The summed E-state index contributed by atoms with van der Waals surface area (Å²) in [5.74, 6) is 0.135. The van der Waals surface area contributed by atoms with Crippen LogP contribution in [0.4, 0.5) is 5.69 Å². The molecule has 1 aromatic heterocycles. The van der Waals surface area contributed by atoms with Gasteiger partial charge in [0.05, 0.1) is 11.8 Å². The summed E-state index contributed by atoms with van der Waals surface area (Å²) >= 11 is 11.7. The third kappa shape index (κ3) is 2.22. The van der Waals surface area contributed by atoms with Crippen molar-refractivity contribution in [2.24, 2.45) is 0 Å². The first kappa shape index (κ1) is 13.2. The minimum Gasteiger partial charge on any atom is -0.315 e. The number of hydrogen-bond donors (Lipinski definition) is 0. The molecule has 5 heteroatoms. The van der Waals surface area contributed by atoms with E-state index in [1.54, 1.807) is 16.2 Å². The van der Waals surface area contributed by atoms with E-state index in [4.69, 9.17) is 11.6 Å². The van der Waals surface area contributed by atoms with E-state index in [1.807, 2.05) is 36.7 Å². The summed E-state index contributed by atoms with van der Waals surface area (Å²) in [4.78, 5) is 14.5. The second-order valence-corrected chi connectivity index (χ2v) is 6.75. The summed E-state index contributed by atoms with van der Waals surface area (Å²) in [6.45, 7) is 0. The number of alkyl halides is 1. The number of rotatable bonds is 2. The molecule has 19 heavy (non-hydrogen) atoms. The zero-order valence-electron chi connectivity index (χ0n) is 10.2. The average Bonchev–Trinajstić information content (AvgIpc) is 2.93. The van der Waals surface area contributed by atoms with Crippen LogP contribution in [-0.2, 0) is 11.2 Å². The van der Waals surface area contributed by atoms with Gasteiger partial charge in [0.1, 0.15) is 0 Å². The molecule has 0 fully saturated rings. The van der Waals surface area contributed by atoms with Gasteiger partial charge in [0.2, 0.25) is 5.91 Å². The Morgan fingerprint density at radius 3 is 2.89 bits per heavy atom. The van der Waals surface area contributed by atoms with E-state index >= 15 is 0 Å². The second-order valence-electron chi connectivity index (χ2n) is 4.51. The number of carbonyl (C=O) groups excluding carboxylic acids is 1. The molecule has 2 heterocycles. The Balaban J connectivity index is 1.98. The van der Waals surface area contributed by atoms with Gasteiger partial charge < -0.3 is 4.90 Å². The number of thiophene rings is 1. The number of benzene rings is 1. The van der Waals surface area contributed by atoms with E-state index in [0.29, 0.717) is 6.42 Å². The fourth-order valence-electron chi connectivity index (χ4n) is 2.29. The Morgan fingerprint density at radius 1 is 1.42 bits per heavy atom. The molecular weight excluding hydrogens is 346 g/mol. The normalized spacial score (nSPS) is 15.7. The van der Waals surface area contributed by atoms with Gasteiger partial charge in [-0.25, -0.2) is 0 Å². The quantitative estimate of drug-likeness (QED) is 0.732. The van der Waals surface area contributed by atoms with Gasteiger partial charge in [0, 0.05) is 22.1 Å². The third-order valence-electron chi connectivity index (χ3n) is 3.35. The minimum absolute atomic E-state index is 0.135. The van der Waals surface area contributed by atoms with Gasteiger partial charge in [-0.05, 0) is 44.6 Å². The van der Waals surface area contributed by atoms with Gasteiger partial charge in [-0.3, -0.25) is 4.79 Å². The van der Waals surface area contributed by atoms with Crippen molar-refractivity contribution in [3.63, 3.8) is 0 Å². The molecule has 1 atom stereocenters. The smallest absolute Gasteiger partial charge is 0.231 e. The average molecular weight is 357 g/mol. The summed E-state index contributed by atoms with van der Waals surface area (Å²) in [5.41, 5.74) is 3.08. The number of fused-ring (bicyclic) bond motifs is 1. The molecule has 0 saturated heterocycles. The molecule has 0 saturated carbocycles. The fourth-order valence-corrected chi connectivity index (χ4v) is 4.43. The zero-order valence-corrected chi connectivity index (χ0v) is 13.3. The molecule has 1 aliphatic heterocycles. The first-order valence-corrected chi connectivity index (χ1v) is 7.95. The van der Waals surface area contributed by atoms with Crippen molar-refractivity contribution in [1.82, 2.24) is 0 Å². The van der Waals surface area contributed by atoms with Crippen LogP contribution in [0.2, 0.25) is 0 Å². The molecule has 0 radical (unpaired) electrons. The fraction of sp³-hybridized carbons (Fsp3) is 0.214. The molecule has 0 N–H and O–H groups in total. The van der Waals surface area contributed by atoms with E-state index < -0.39 is 0 Å². The summed E-state index contributed by atoms with van der Waals surface area (Å²) in [6, 6.07) is 8.02. The predicted molar refractivity (Wildman–Crippen MR) is 83.3 cm³/mol. The molecule has 98 valence electrons. The Hall–Kier alpha value is -0.840. The van der Waals surface area contributed by atoms with E-state index in [9.17, 15) is 4.79 Å². The number of nitrogens with zero attached hydrogens (tertiary/aromatic N) is 1. The molecule has 0 spiro atoms. The summed E-state index contributed by atoms with van der Waals surface area (Å²) in [7, 11) is 1.81. The van der Waals surface area contributed by atoms with Gasteiger partial charge in [-0.15, -0.1) is 22.9 Å². The Kier molecular flexibility index (Phi) is 3.41. The molecule has 0 bridgehead atoms. The molecule has 1 aromatic carbocycles. The number of carbonyl (C=O) groups is 1. The van der Waals surface area contributed by atoms with Crippen molar-refractivity contribution >= 4 is 50.5 Å². The third-order valence-corrected chi connectivity index (χ3v) is 5.88. The highest BCUT2D eigenvalue weighted by atomic mass is 79.9. The first-order valence-electron chi connectivity index (χ1n) is 5.84. The lowest BCUT2D eigenvalue weighted by atomic mass is 10.0. The number of likely N-dealkylation sites (N-methyl/N-ethyl adjacent to an activating group) is 1. The van der Waals surface area contributed by atoms with Crippen LogP contribution in [0.15, 0.2) is 34.1 Å². The molecule has 3 rings (SSSR count). The first-order chi connectivity index (χ1) is 9.08. The lowest BCUT2D eigenvalue weighted by molar-refractivity contribution is -0.117. The van der Waals surface area contributed by atoms with Gasteiger partial charge in [0.15, 0.2) is 0 Å². The van der Waals surface area contributed by atoms with Crippen LogP contribution in [0.1, 0.15) is 21.4 Å². The highest BCUT2D eigenvalue weighted by molar-refractivity contribution is 9.10. The van der Waals surface area contributed by atoms with Crippen LogP contribution < -0.4 is 4.90 Å². The lowest BCUT2D eigenvalue weighted by Gasteiger charge is -2.13. The summed E-state index contributed by atoms with van der Waals surface area (Å²) in [6.07, 6.45) is 0.467. The number of amides is 1. The predicted octanol–water partition coefficient (Wildman–Crippen LogP) is 4.36. The summed E-state index contributed by atoms with van der Waals surface area (Å²) in [5, 5.41) is 1.83. The van der Waals surface area contributed by atoms with Crippen molar-refractivity contribution in [3.8, 4) is 0 Å². The zero-order chi connectivity index (χ0) is 13.6. The molecule has 1 amide bonds. The van der Waals surface area contributed by atoms with Gasteiger partial charge in [0.25, 0.3) is 0 Å². The van der Waals surface area contributed by atoms with Crippen molar-refractivity contribution in [1.29, 1.82) is 0 Å². The maximum Gasteiger partial charge on any atom is 0.231 e. The van der Waals surface area contributed by atoms with Crippen LogP contribution in [-0.4, -0.2) is 13.0 Å². The Bertz CT molecular complexity index is 655. The van der Waals surface area contributed by atoms with E-state index in [0.717, 1.165) is 26.2 Å². The van der Waals surface area contributed by atoms with Crippen LogP contribution >= 0.6 is 38.9 Å². The van der Waals surface area contributed by atoms with Gasteiger partial charge in [-0.2, -0.15) is 0 Å². The van der Waals surface area contributed by atoms with Crippen molar-refractivity contribution in [3.05, 3.63) is 50.1 Å². The second kappa shape index (κ2) is 4.93. The van der Waals surface area contributed by atoms with Crippen LogP contribution in [0.5, 0.6) is 0 Å². The van der Waals surface area contributed by atoms with E-state index in [1.165, 1.54) is 0 Å². The van der Waals surface area contributed by atoms with Crippen molar-refractivity contribution in [2.75, 3.05) is 11.9 Å². The standard InChI is InChI=1S/C14H11BrClNOS/c1-17-11-3-2-8(6-9(11)7-12(17)18)13(16)14-10(15)4-5-19-14/h2-6,13H,7H2,1H3. The maximum absolute atomic E-state index is 11.7. The van der Waals surface area contributed by atoms with Crippen LogP contribution in [0.25, 0.3) is 0 Å². The number of halogens is 2. The lowest BCUT2D eigenvalue weighted by Crippen LogP contribution is -2.20. The Labute approximate surface area is 129 Å². The molecular formula is C14H11BrClNOS. The van der Waals surface area contributed by atoms with Crippen molar-refractivity contribution < 1.29 is 4.79 Å². The molecule has 2 aromatic rings. The van der Waals surface area contributed by atoms with Gasteiger partial charge >= 0.3 is 0 Å². The number of hydrogen-bond acceptors (Lipinski definition) is 2. The largest absolute Gasteiger partial charge is 0.315 e. The van der Waals surface area contributed by atoms with Crippen molar-refractivity contribution in [2.45, 2.75) is 11.8 Å². The van der Waals surface area contributed by atoms with Crippen LogP contribution in [0, 0.1) is 0 Å². The Morgan fingerprint density at radius 2 is 2.21 bits per heavy atom. The summed E-state index contributed by atoms with van der Waals surface area (Å²) < 4.78 is 1.03. The van der Waals surface area contributed by atoms with E-state index in [-0.39, 0.29) is 11.3 Å². The van der Waals surface area contributed by atoms with Gasteiger partial charge in [-0.1, -0.05) is 12.1 Å². The number of anilines is 1. The highest BCUT2D eigenvalue weighted by Gasteiger charge is 2.25. The molecule has 1 unspecified atom stereocenters. The maximum atomic E-state index is 11.7. The van der Waals surface area contributed by atoms with Crippen LogP contribution in [0.3, 0.4) is 0 Å². The molecule has 1 aliphatic rings. The SMILES string of the molecule is CN1C(=O)Cc2cc(C(Cl)c3sccc3Br)ccc21. The van der Waals surface area contributed by atoms with E-state index in [2.05, 4.69) is 15.9 Å². The molecule has 2 nitrogen and oxygen atoms in total. The minimum atomic E-state index is -0.180. The topological polar surface area (TPSA) is 20.3 Å². The molecule has 0 aliphatic carbocycles. The highest BCUT2D eigenvalue weighted by Crippen LogP contribution is 2.39.